The summed E-state index contributed by atoms with van der Waals surface area (Å²) >= 11 is 0. The maximum absolute atomic E-state index is 11.7. The molecule has 2 aromatic rings. The van der Waals surface area contributed by atoms with Gasteiger partial charge in [0.15, 0.2) is 0 Å². The van der Waals surface area contributed by atoms with Crippen LogP contribution in [0.25, 0.3) is 0 Å². The molecule has 21 heavy (non-hydrogen) atoms. The summed E-state index contributed by atoms with van der Waals surface area (Å²) < 4.78 is 7.36. The highest BCUT2D eigenvalue weighted by Crippen LogP contribution is 2.23. The normalized spacial score (nSPS) is 10.3. The number of anilines is 2. The van der Waals surface area contributed by atoms with Crippen LogP contribution in [0.3, 0.4) is 0 Å². The maximum atomic E-state index is 11.7. The van der Waals surface area contributed by atoms with Gasteiger partial charge in [-0.3, -0.25) is 4.79 Å². The van der Waals surface area contributed by atoms with Gasteiger partial charge in [0.05, 0.1) is 19.3 Å². The largest absolute Gasteiger partial charge is 0.490 e. The van der Waals surface area contributed by atoms with E-state index < -0.39 is 0 Å². The SMILES string of the molecule is C[n+]1cc[nH]c1CC(=O)NCCOc1ccc(N)cc1N. The van der Waals surface area contributed by atoms with Crippen LogP contribution in [0.2, 0.25) is 0 Å². The number of rotatable bonds is 6. The molecule has 1 amide bonds. The number of benzene rings is 1. The Morgan fingerprint density at radius 1 is 1.43 bits per heavy atom. The van der Waals surface area contributed by atoms with Gasteiger partial charge in [-0.1, -0.05) is 0 Å². The number of amides is 1. The van der Waals surface area contributed by atoms with E-state index >= 15 is 0 Å². The van der Waals surface area contributed by atoms with E-state index in [9.17, 15) is 4.79 Å². The van der Waals surface area contributed by atoms with Crippen LogP contribution in [0, 0.1) is 0 Å². The fourth-order valence-corrected chi connectivity index (χ4v) is 1.88. The number of carbonyl (C=O) groups excluding carboxylic acids is 1. The summed E-state index contributed by atoms with van der Waals surface area (Å²) in [5, 5.41) is 2.79. The number of imidazole rings is 1. The number of aryl methyl sites for hydroxylation is 1. The van der Waals surface area contributed by atoms with E-state index in [2.05, 4.69) is 10.3 Å². The van der Waals surface area contributed by atoms with Crippen molar-refractivity contribution in [2.24, 2.45) is 7.05 Å². The van der Waals surface area contributed by atoms with Crippen molar-refractivity contribution in [1.82, 2.24) is 10.3 Å². The molecule has 1 aromatic carbocycles. The highest BCUT2D eigenvalue weighted by Gasteiger charge is 2.12. The first-order valence-corrected chi connectivity index (χ1v) is 6.62. The number of hydrogen-bond donors (Lipinski definition) is 4. The summed E-state index contributed by atoms with van der Waals surface area (Å²) in [5.74, 6) is 1.34. The number of nitrogens with one attached hydrogen (secondary N) is 2. The van der Waals surface area contributed by atoms with Crippen LogP contribution < -0.4 is 26.1 Å². The molecule has 7 heteroatoms. The molecule has 0 unspecified atom stereocenters. The molecule has 112 valence electrons. The lowest BCUT2D eigenvalue weighted by Gasteiger charge is -2.09. The molecular formula is C14H20N5O2+. The highest BCUT2D eigenvalue weighted by atomic mass is 16.5. The quantitative estimate of drug-likeness (QED) is 0.334. The summed E-state index contributed by atoms with van der Waals surface area (Å²) in [6, 6.07) is 5.07. The number of nitrogens with zero attached hydrogens (tertiary/aromatic N) is 1. The van der Waals surface area contributed by atoms with Crippen molar-refractivity contribution >= 4 is 17.3 Å². The molecular weight excluding hydrogens is 270 g/mol. The van der Waals surface area contributed by atoms with Crippen LogP contribution in [-0.2, 0) is 18.3 Å². The second kappa shape index (κ2) is 6.65. The molecule has 6 N–H and O–H groups in total. The van der Waals surface area contributed by atoms with E-state index in [0.29, 0.717) is 36.7 Å². The predicted molar refractivity (Wildman–Crippen MR) is 79.4 cm³/mol. The van der Waals surface area contributed by atoms with Crippen molar-refractivity contribution in [1.29, 1.82) is 0 Å². The van der Waals surface area contributed by atoms with Crippen LogP contribution >= 0.6 is 0 Å². The average molecular weight is 290 g/mol. The van der Waals surface area contributed by atoms with Gasteiger partial charge >= 0.3 is 0 Å². The highest BCUT2D eigenvalue weighted by molar-refractivity contribution is 5.77. The first kappa shape index (κ1) is 14.7. The molecule has 0 saturated carbocycles. The summed E-state index contributed by atoms with van der Waals surface area (Å²) in [6.07, 6.45) is 3.94. The van der Waals surface area contributed by atoms with E-state index in [1.54, 1.807) is 24.4 Å². The van der Waals surface area contributed by atoms with Gasteiger partial charge in [0, 0.05) is 5.69 Å². The second-order valence-corrected chi connectivity index (χ2v) is 4.69. The molecule has 0 aliphatic heterocycles. The van der Waals surface area contributed by atoms with E-state index in [0.717, 1.165) is 5.82 Å². The van der Waals surface area contributed by atoms with Crippen molar-refractivity contribution in [2.45, 2.75) is 6.42 Å². The molecule has 0 saturated heterocycles. The Hall–Kier alpha value is -2.70. The molecule has 2 rings (SSSR count). The van der Waals surface area contributed by atoms with Crippen molar-refractivity contribution in [3.05, 3.63) is 36.4 Å². The molecule has 0 aliphatic rings. The van der Waals surface area contributed by atoms with Crippen LogP contribution in [0.4, 0.5) is 11.4 Å². The van der Waals surface area contributed by atoms with Gasteiger partial charge in [-0.25, -0.2) is 9.55 Å². The van der Waals surface area contributed by atoms with Gasteiger partial charge in [0.25, 0.3) is 5.82 Å². The van der Waals surface area contributed by atoms with Crippen LogP contribution in [-0.4, -0.2) is 24.0 Å². The minimum atomic E-state index is -0.0677. The third-order valence-corrected chi connectivity index (χ3v) is 3.02. The predicted octanol–water partition coefficient (Wildman–Crippen LogP) is -0.259. The number of carbonyl (C=O) groups is 1. The Bertz CT molecular complexity index is 624. The second-order valence-electron chi connectivity index (χ2n) is 4.69. The van der Waals surface area contributed by atoms with Crippen LogP contribution in [0.5, 0.6) is 5.75 Å². The molecule has 0 atom stereocenters. The number of H-pyrrole nitrogens is 1. The van der Waals surface area contributed by atoms with E-state index in [1.165, 1.54) is 0 Å². The Kier molecular flexibility index (Phi) is 4.65. The van der Waals surface area contributed by atoms with E-state index in [1.807, 2.05) is 17.8 Å². The Morgan fingerprint density at radius 3 is 2.90 bits per heavy atom. The number of aromatic amines is 1. The third kappa shape index (κ3) is 4.13. The number of ether oxygens (including phenoxy) is 1. The fraction of sp³-hybridized carbons (Fsp3) is 0.286. The van der Waals surface area contributed by atoms with E-state index in [-0.39, 0.29) is 5.91 Å². The van der Waals surface area contributed by atoms with Crippen molar-refractivity contribution in [2.75, 3.05) is 24.6 Å². The summed E-state index contributed by atoms with van der Waals surface area (Å²) in [6.45, 7) is 0.754. The Morgan fingerprint density at radius 2 is 2.24 bits per heavy atom. The molecule has 0 fully saturated rings. The Balaban J connectivity index is 1.72. The lowest BCUT2D eigenvalue weighted by atomic mass is 10.2. The van der Waals surface area contributed by atoms with Gasteiger partial charge < -0.3 is 21.5 Å². The first-order valence-electron chi connectivity index (χ1n) is 6.62. The van der Waals surface area contributed by atoms with Crippen LogP contribution in [0.15, 0.2) is 30.6 Å². The molecule has 1 heterocycles. The summed E-state index contributed by atoms with van der Waals surface area (Å²) in [4.78, 5) is 14.8. The standard InChI is InChI=1S/C14H19N5O2/c1-19-6-4-17-13(19)9-14(20)18-5-7-21-12-3-2-10(15)8-11(12)16/h2-4,6,8H,5,7,9,15-16H2,1H3,(H,18,20)/p+1. The van der Waals surface area contributed by atoms with Crippen molar-refractivity contribution in [3.8, 4) is 5.75 Å². The molecule has 0 bridgehead atoms. The smallest absolute Gasteiger partial charge is 0.263 e. The first-order chi connectivity index (χ1) is 10.1. The fourth-order valence-electron chi connectivity index (χ4n) is 1.88. The number of nitrogen functional groups attached to an aromatic ring is 2. The Labute approximate surface area is 122 Å². The van der Waals surface area contributed by atoms with Gasteiger partial charge in [0.2, 0.25) is 5.91 Å². The summed E-state index contributed by atoms with van der Waals surface area (Å²) in [7, 11) is 1.88. The van der Waals surface area contributed by atoms with Crippen molar-refractivity contribution in [3.63, 3.8) is 0 Å². The minimum absolute atomic E-state index is 0.0677. The monoisotopic (exact) mass is 290 g/mol. The molecule has 0 aliphatic carbocycles. The van der Waals surface area contributed by atoms with Gasteiger partial charge in [-0.05, 0) is 18.2 Å². The number of nitrogens with two attached hydrogens (primary N) is 2. The van der Waals surface area contributed by atoms with Crippen molar-refractivity contribution < 1.29 is 14.1 Å². The lowest BCUT2D eigenvalue weighted by molar-refractivity contribution is -0.677. The molecule has 7 nitrogen and oxygen atoms in total. The topological polar surface area (TPSA) is 110 Å². The number of aromatic nitrogens is 2. The molecule has 1 aromatic heterocycles. The lowest BCUT2D eigenvalue weighted by Crippen LogP contribution is -2.36. The van der Waals surface area contributed by atoms with Gasteiger partial charge in [0.1, 0.15) is 31.2 Å². The van der Waals surface area contributed by atoms with Gasteiger partial charge in [-0.2, -0.15) is 0 Å². The molecule has 0 spiro atoms. The summed E-state index contributed by atoms with van der Waals surface area (Å²) in [5.41, 5.74) is 12.4. The maximum Gasteiger partial charge on any atom is 0.263 e. The van der Waals surface area contributed by atoms with Gasteiger partial charge in [-0.15, -0.1) is 0 Å². The van der Waals surface area contributed by atoms with E-state index in [4.69, 9.17) is 16.2 Å². The zero-order valence-corrected chi connectivity index (χ0v) is 11.9. The average Bonchev–Trinajstić information content (AvgIpc) is 2.82. The minimum Gasteiger partial charge on any atom is -0.490 e. The third-order valence-electron chi connectivity index (χ3n) is 3.02. The molecule has 0 radical (unpaired) electrons. The zero-order valence-electron chi connectivity index (χ0n) is 11.9. The van der Waals surface area contributed by atoms with Crippen LogP contribution in [0.1, 0.15) is 5.82 Å². The number of hydrogen-bond acceptors (Lipinski definition) is 4. The zero-order chi connectivity index (χ0) is 15.2.